The van der Waals surface area contributed by atoms with Gasteiger partial charge in [0.2, 0.25) is 5.95 Å². The molecule has 0 saturated heterocycles. The van der Waals surface area contributed by atoms with Crippen LogP contribution in [0.25, 0.3) is 11.2 Å². The van der Waals surface area contributed by atoms with E-state index in [0.717, 1.165) is 0 Å². The van der Waals surface area contributed by atoms with Crippen molar-refractivity contribution in [2.75, 3.05) is 5.73 Å². The zero-order chi connectivity index (χ0) is 10.3. The summed E-state index contributed by atoms with van der Waals surface area (Å²) < 4.78 is 24.3. The standard InChI is InChI=1S/C6H5F2N5O/c7-2(8)4-10-1-3(11-4)12-6(9)13-5(1)14/h2H,(H4,9,10,11,12,13,14). The molecule has 0 aliphatic rings. The molecule has 0 saturated carbocycles. The number of fused-ring (bicyclic) bond motifs is 1. The van der Waals surface area contributed by atoms with Crippen LogP contribution < -0.4 is 11.3 Å². The maximum Gasteiger partial charge on any atom is 0.295 e. The van der Waals surface area contributed by atoms with Crippen molar-refractivity contribution < 1.29 is 8.78 Å². The van der Waals surface area contributed by atoms with E-state index in [1.165, 1.54) is 0 Å². The number of nitrogens with one attached hydrogen (secondary N) is 2. The van der Waals surface area contributed by atoms with E-state index in [-0.39, 0.29) is 17.1 Å². The molecular formula is C6H5F2N5O. The summed E-state index contributed by atoms with van der Waals surface area (Å²) in [5.41, 5.74) is 4.37. The van der Waals surface area contributed by atoms with Gasteiger partial charge in [0.15, 0.2) is 17.0 Å². The van der Waals surface area contributed by atoms with E-state index in [1.54, 1.807) is 0 Å². The van der Waals surface area contributed by atoms with Crippen molar-refractivity contribution in [2.24, 2.45) is 0 Å². The van der Waals surface area contributed by atoms with Crippen LogP contribution in [0.4, 0.5) is 14.7 Å². The van der Waals surface area contributed by atoms with Gasteiger partial charge in [-0.25, -0.2) is 13.8 Å². The number of hydrogen-bond acceptors (Lipinski definition) is 4. The van der Waals surface area contributed by atoms with Gasteiger partial charge in [-0.3, -0.25) is 9.78 Å². The highest BCUT2D eigenvalue weighted by atomic mass is 19.3. The van der Waals surface area contributed by atoms with Crippen molar-refractivity contribution in [3.05, 3.63) is 16.2 Å². The lowest BCUT2D eigenvalue weighted by atomic mass is 10.5. The normalized spacial score (nSPS) is 11.4. The monoisotopic (exact) mass is 201 g/mol. The average Bonchev–Trinajstić information content (AvgIpc) is 2.47. The van der Waals surface area contributed by atoms with Crippen LogP contribution in [0.15, 0.2) is 4.79 Å². The van der Waals surface area contributed by atoms with Crippen LogP contribution in [0, 0.1) is 0 Å². The second kappa shape index (κ2) is 2.76. The summed E-state index contributed by atoms with van der Waals surface area (Å²) in [6.07, 6.45) is -2.77. The summed E-state index contributed by atoms with van der Waals surface area (Å²) in [4.78, 5) is 22.5. The summed E-state index contributed by atoms with van der Waals surface area (Å²) in [6.45, 7) is 0. The number of imidazole rings is 1. The van der Waals surface area contributed by atoms with Gasteiger partial charge in [-0.15, -0.1) is 0 Å². The summed E-state index contributed by atoms with van der Waals surface area (Å²) in [5, 5.41) is 0. The summed E-state index contributed by atoms with van der Waals surface area (Å²) in [5.74, 6) is -0.751. The fraction of sp³-hybridized carbons (Fsp3) is 0.167. The number of anilines is 1. The molecule has 0 spiro atoms. The van der Waals surface area contributed by atoms with E-state index in [0.29, 0.717) is 0 Å². The van der Waals surface area contributed by atoms with Crippen LogP contribution in [0.3, 0.4) is 0 Å². The Morgan fingerprint density at radius 1 is 1.29 bits per heavy atom. The van der Waals surface area contributed by atoms with Crippen molar-refractivity contribution in [1.29, 1.82) is 0 Å². The molecule has 0 radical (unpaired) electrons. The van der Waals surface area contributed by atoms with Crippen molar-refractivity contribution in [2.45, 2.75) is 6.43 Å². The maximum absolute atomic E-state index is 12.2. The van der Waals surface area contributed by atoms with Crippen molar-refractivity contribution >= 4 is 17.1 Å². The van der Waals surface area contributed by atoms with Gasteiger partial charge in [0.1, 0.15) is 0 Å². The average molecular weight is 201 g/mol. The molecule has 0 unspecified atom stereocenters. The van der Waals surface area contributed by atoms with Gasteiger partial charge < -0.3 is 10.7 Å². The molecule has 2 heterocycles. The van der Waals surface area contributed by atoms with E-state index in [2.05, 4.69) is 19.9 Å². The molecule has 4 N–H and O–H groups in total. The maximum atomic E-state index is 12.2. The first-order chi connectivity index (χ1) is 6.58. The largest absolute Gasteiger partial charge is 0.369 e. The van der Waals surface area contributed by atoms with Crippen LogP contribution in [0.5, 0.6) is 0 Å². The van der Waals surface area contributed by atoms with Gasteiger partial charge in [0.05, 0.1) is 0 Å². The molecule has 2 aromatic rings. The Bertz CT molecular complexity index is 530. The molecular weight excluding hydrogens is 196 g/mol. The number of nitrogens with zero attached hydrogens (tertiary/aromatic N) is 2. The van der Waals surface area contributed by atoms with Gasteiger partial charge in [-0.1, -0.05) is 0 Å². The Labute approximate surface area is 75.2 Å². The highest BCUT2D eigenvalue weighted by Crippen LogP contribution is 2.16. The third kappa shape index (κ3) is 1.20. The second-order valence-electron chi connectivity index (χ2n) is 2.57. The molecule has 2 rings (SSSR count). The van der Waals surface area contributed by atoms with Gasteiger partial charge >= 0.3 is 0 Å². The molecule has 2 aromatic heterocycles. The SMILES string of the molecule is Nc1nc2nc(C(F)F)[nH]c2c(=O)[nH]1. The van der Waals surface area contributed by atoms with Gasteiger partial charge in [0.25, 0.3) is 12.0 Å². The number of rotatable bonds is 1. The number of nitrogen functional groups attached to an aromatic ring is 1. The Hall–Kier alpha value is -1.99. The molecule has 8 heteroatoms. The summed E-state index contributed by atoms with van der Waals surface area (Å²) >= 11 is 0. The third-order valence-corrected chi connectivity index (χ3v) is 1.60. The summed E-state index contributed by atoms with van der Waals surface area (Å²) in [7, 11) is 0. The van der Waals surface area contributed by atoms with Crippen LogP contribution in [0.1, 0.15) is 12.2 Å². The Balaban J connectivity index is 2.77. The number of aromatic nitrogens is 4. The van der Waals surface area contributed by atoms with Crippen LogP contribution in [-0.2, 0) is 0 Å². The van der Waals surface area contributed by atoms with Gasteiger partial charge in [-0.05, 0) is 0 Å². The summed E-state index contributed by atoms with van der Waals surface area (Å²) in [6, 6.07) is 0. The minimum Gasteiger partial charge on any atom is -0.369 e. The number of halogens is 2. The zero-order valence-corrected chi connectivity index (χ0v) is 6.71. The molecule has 0 aliphatic carbocycles. The van der Waals surface area contributed by atoms with E-state index >= 15 is 0 Å². The predicted molar refractivity (Wildman–Crippen MR) is 43.9 cm³/mol. The zero-order valence-electron chi connectivity index (χ0n) is 6.71. The molecule has 0 fully saturated rings. The lowest BCUT2D eigenvalue weighted by molar-refractivity contribution is 0.142. The minimum absolute atomic E-state index is 0.102. The fourth-order valence-electron chi connectivity index (χ4n) is 1.05. The highest BCUT2D eigenvalue weighted by molar-refractivity contribution is 5.70. The quantitative estimate of drug-likeness (QED) is 0.611. The highest BCUT2D eigenvalue weighted by Gasteiger charge is 2.15. The lowest BCUT2D eigenvalue weighted by Crippen LogP contribution is -2.10. The number of H-pyrrole nitrogens is 2. The fourth-order valence-corrected chi connectivity index (χ4v) is 1.05. The molecule has 0 atom stereocenters. The molecule has 0 bridgehead atoms. The third-order valence-electron chi connectivity index (χ3n) is 1.60. The van der Waals surface area contributed by atoms with E-state index < -0.39 is 17.8 Å². The van der Waals surface area contributed by atoms with Crippen molar-refractivity contribution in [3.8, 4) is 0 Å². The number of nitrogens with two attached hydrogens (primary N) is 1. The Morgan fingerprint density at radius 2 is 2.00 bits per heavy atom. The number of hydrogen-bond donors (Lipinski definition) is 3. The molecule has 6 nitrogen and oxygen atoms in total. The molecule has 74 valence electrons. The van der Waals surface area contributed by atoms with Crippen molar-refractivity contribution in [1.82, 2.24) is 19.9 Å². The topological polar surface area (TPSA) is 100 Å². The molecule has 14 heavy (non-hydrogen) atoms. The Kier molecular flexibility index (Phi) is 1.69. The predicted octanol–water partition coefficient (Wildman–Crippen LogP) is 0.166. The van der Waals surface area contributed by atoms with E-state index in [9.17, 15) is 13.6 Å². The first-order valence-corrected chi connectivity index (χ1v) is 3.61. The van der Waals surface area contributed by atoms with Crippen LogP contribution >= 0.6 is 0 Å². The first-order valence-electron chi connectivity index (χ1n) is 3.61. The van der Waals surface area contributed by atoms with Crippen LogP contribution in [-0.4, -0.2) is 19.9 Å². The molecule has 0 aliphatic heterocycles. The van der Waals surface area contributed by atoms with Gasteiger partial charge in [-0.2, -0.15) is 4.98 Å². The molecule has 0 aromatic carbocycles. The van der Waals surface area contributed by atoms with E-state index in [1.807, 2.05) is 0 Å². The van der Waals surface area contributed by atoms with Crippen LogP contribution in [0.2, 0.25) is 0 Å². The van der Waals surface area contributed by atoms with Gasteiger partial charge in [0, 0.05) is 0 Å². The second-order valence-corrected chi connectivity index (χ2v) is 2.57. The first kappa shape index (κ1) is 8.60. The number of aromatic amines is 2. The smallest absolute Gasteiger partial charge is 0.295 e. The number of alkyl halides is 2. The molecule has 0 amide bonds. The Morgan fingerprint density at radius 3 is 2.64 bits per heavy atom. The van der Waals surface area contributed by atoms with Crippen molar-refractivity contribution in [3.63, 3.8) is 0 Å². The van der Waals surface area contributed by atoms with E-state index in [4.69, 9.17) is 5.73 Å². The lowest BCUT2D eigenvalue weighted by Gasteiger charge is -1.89. The minimum atomic E-state index is -2.77.